The summed E-state index contributed by atoms with van der Waals surface area (Å²) in [5.41, 5.74) is 0. The first-order valence-corrected chi connectivity index (χ1v) is 28.7. The maximum atomic E-state index is 13.0. The van der Waals surface area contributed by atoms with Crippen LogP contribution in [-0.2, 0) is 14.3 Å². The monoisotopic (exact) mass is 1030 g/mol. The summed E-state index contributed by atoms with van der Waals surface area (Å²) in [5.74, 6) is -0.206. The predicted octanol–water partition coefficient (Wildman–Crippen LogP) is 14.5. The summed E-state index contributed by atoms with van der Waals surface area (Å²) in [5, 5.41) is 54.2. The van der Waals surface area contributed by atoms with Crippen LogP contribution in [0.4, 0.5) is 0 Å². The number of amides is 1. The molecule has 9 heteroatoms. The fraction of sp³-hybridized carbons (Fsp3) is 0.585. The molecule has 0 radical (unpaired) electrons. The Morgan fingerprint density at radius 3 is 1.24 bits per heavy atom. The molecule has 0 aromatic rings. The van der Waals surface area contributed by atoms with Gasteiger partial charge in [0, 0.05) is 6.42 Å². The summed E-state index contributed by atoms with van der Waals surface area (Å²) < 4.78 is 11.2. The first kappa shape index (κ1) is 67.8. The van der Waals surface area contributed by atoms with Gasteiger partial charge in [0.25, 0.3) is 0 Å². The smallest absolute Gasteiger partial charge is 0.220 e. The highest BCUT2D eigenvalue weighted by Crippen LogP contribution is 2.22. The number of aliphatic hydroxyl groups excluding tert-OH is 5. The third-order valence-corrected chi connectivity index (χ3v) is 12.3. The first-order valence-electron chi connectivity index (χ1n) is 28.7. The van der Waals surface area contributed by atoms with Gasteiger partial charge in [-0.25, -0.2) is 0 Å². The molecule has 0 saturated carbocycles. The molecular formula is C65H103NO8. The standard InChI is InChI=1S/C65H103NO8/c1-3-5-7-9-11-13-15-16-17-18-19-20-21-22-23-24-25-26-27-28-29-30-31-32-33-34-35-36-37-38-39-40-41-42-43-44-45-47-49-51-53-55-61(69)66-58(57-73-65-64(72)63(71)62(70)60(56-67)74-65)59(68)54-52-50-48-46-14-12-10-8-6-4-2/h5-8,11,13-14,16-17,19-20,22-23,25-26,28-29,31-32,34-35,37-38,46,52,54,58-60,62-65,67-68,70-72H,3-4,9-10,12,15,18,21,24,27,30,33,36,39-45,47-51,53,55-57H2,1-2H3,(H,66,69)/b7-5-,8-6+,13-11-,17-16-,20-19-,23-22-,26-25-,29-28-,32-31-,35-34-,38-37-,46-14+,54-52+. The number of rotatable bonds is 46. The van der Waals surface area contributed by atoms with Crippen LogP contribution in [0.25, 0.3) is 0 Å². The quantitative estimate of drug-likeness (QED) is 0.0261. The van der Waals surface area contributed by atoms with E-state index in [0.29, 0.717) is 6.42 Å². The molecular weight excluding hydrogens is 923 g/mol. The minimum absolute atomic E-state index is 0.206. The van der Waals surface area contributed by atoms with Gasteiger partial charge in [-0.15, -0.1) is 0 Å². The van der Waals surface area contributed by atoms with E-state index < -0.39 is 49.5 Å². The van der Waals surface area contributed by atoms with E-state index in [1.807, 2.05) is 6.08 Å². The summed E-state index contributed by atoms with van der Waals surface area (Å²) in [7, 11) is 0. The average Bonchev–Trinajstić information content (AvgIpc) is 3.40. The molecule has 1 fully saturated rings. The van der Waals surface area contributed by atoms with Crippen LogP contribution in [-0.4, -0.2) is 87.5 Å². The molecule has 7 atom stereocenters. The zero-order chi connectivity index (χ0) is 53.6. The highest BCUT2D eigenvalue weighted by molar-refractivity contribution is 5.76. The average molecular weight is 1030 g/mol. The zero-order valence-corrected chi connectivity index (χ0v) is 46.0. The molecule has 6 N–H and O–H groups in total. The number of nitrogens with one attached hydrogen (secondary N) is 1. The van der Waals surface area contributed by atoms with Gasteiger partial charge in [0.1, 0.15) is 24.4 Å². The van der Waals surface area contributed by atoms with Gasteiger partial charge in [-0.2, -0.15) is 0 Å². The van der Waals surface area contributed by atoms with Crippen LogP contribution in [0, 0.1) is 0 Å². The summed E-state index contributed by atoms with van der Waals surface area (Å²) in [4.78, 5) is 13.0. The Morgan fingerprint density at radius 2 is 0.811 bits per heavy atom. The molecule has 1 amide bonds. The topological polar surface area (TPSA) is 149 Å². The SMILES string of the molecule is CC/C=C\C/C=C\C/C=C\C/C=C\C/C=C\C/C=C\C/C=C\C/C=C\C/C=C\C/C=C\CCCCCCCCCCCCC(=O)NC(COC1OC(CO)C(O)C(O)C1O)C(O)/C=C/CC/C=C/CC/C=C/CC. The Labute approximate surface area is 450 Å². The Balaban J connectivity index is 2.12. The fourth-order valence-electron chi connectivity index (χ4n) is 7.87. The van der Waals surface area contributed by atoms with E-state index in [9.17, 15) is 30.3 Å². The lowest BCUT2D eigenvalue weighted by Crippen LogP contribution is -2.60. The van der Waals surface area contributed by atoms with Crippen molar-refractivity contribution in [2.24, 2.45) is 0 Å². The van der Waals surface area contributed by atoms with E-state index in [1.165, 1.54) is 38.5 Å². The summed E-state index contributed by atoms with van der Waals surface area (Å²) in [6, 6.07) is -0.839. The van der Waals surface area contributed by atoms with Crippen LogP contribution in [0.3, 0.4) is 0 Å². The normalized spacial score (nSPS) is 20.2. The number of carbonyl (C=O) groups excluding carboxylic acids is 1. The summed E-state index contributed by atoms with van der Waals surface area (Å²) in [6.07, 6.45) is 76.2. The van der Waals surface area contributed by atoms with E-state index in [-0.39, 0.29) is 12.5 Å². The number of aliphatic hydroxyl groups is 5. The van der Waals surface area contributed by atoms with Crippen LogP contribution in [0.1, 0.15) is 187 Å². The van der Waals surface area contributed by atoms with Gasteiger partial charge < -0.3 is 40.3 Å². The Bertz CT molecular complexity index is 1710. The Hall–Kier alpha value is -4.19. The highest BCUT2D eigenvalue weighted by Gasteiger charge is 2.44. The maximum Gasteiger partial charge on any atom is 0.220 e. The Morgan fingerprint density at radius 1 is 0.459 bits per heavy atom. The number of hydrogen-bond donors (Lipinski definition) is 6. The molecule has 0 bridgehead atoms. The predicted molar refractivity (Wildman–Crippen MR) is 312 cm³/mol. The van der Waals surface area contributed by atoms with Crippen molar-refractivity contribution in [1.29, 1.82) is 0 Å². The third kappa shape index (κ3) is 41.1. The lowest BCUT2D eigenvalue weighted by Gasteiger charge is -2.40. The van der Waals surface area contributed by atoms with E-state index in [4.69, 9.17) is 9.47 Å². The van der Waals surface area contributed by atoms with Gasteiger partial charge >= 0.3 is 0 Å². The van der Waals surface area contributed by atoms with Gasteiger partial charge in [-0.05, 0) is 116 Å². The van der Waals surface area contributed by atoms with Crippen LogP contribution >= 0.6 is 0 Å². The number of hydrogen-bond acceptors (Lipinski definition) is 8. The van der Waals surface area contributed by atoms with E-state index in [2.05, 4.69) is 165 Å². The lowest BCUT2D eigenvalue weighted by molar-refractivity contribution is -0.302. The first-order chi connectivity index (χ1) is 36.3. The number of carbonyl (C=O) groups is 1. The van der Waals surface area contributed by atoms with Crippen molar-refractivity contribution in [3.05, 3.63) is 158 Å². The molecule has 74 heavy (non-hydrogen) atoms. The van der Waals surface area contributed by atoms with Gasteiger partial charge in [0.2, 0.25) is 5.91 Å². The fourth-order valence-corrected chi connectivity index (χ4v) is 7.87. The second kappa shape index (κ2) is 52.3. The minimum atomic E-state index is -1.58. The van der Waals surface area contributed by atoms with Crippen molar-refractivity contribution in [1.82, 2.24) is 5.32 Å². The maximum absolute atomic E-state index is 13.0. The summed E-state index contributed by atoms with van der Waals surface area (Å²) >= 11 is 0. The number of unbranched alkanes of at least 4 members (excludes halogenated alkanes) is 12. The molecule has 0 spiro atoms. The molecule has 416 valence electrons. The van der Waals surface area contributed by atoms with Crippen molar-refractivity contribution in [2.45, 2.75) is 230 Å². The molecule has 1 rings (SSSR count). The molecule has 1 aliphatic heterocycles. The van der Waals surface area contributed by atoms with Gasteiger partial charge in [-0.3, -0.25) is 4.79 Å². The van der Waals surface area contributed by atoms with Gasteiger partial charge in [0.15, 0.2) is 6.29 Å². The van der Waals surface area contributed by atoms with Crippen LogP contribution in [0.2, 0.25) is 0 Å². The van der Waals surface area contributed by atoms with E-state index in [0.717, 1.165) is 128 Å². The molecule has 1 aliphatic rings. The van der Waals surface area contributed by atoms with Crippen molar-refractivity contribution in [3.63, 3.8) is 0 Å². The molecule has 0 aromatic carbocycles. The van der Waals surface area contributed by atoms with Gasteiger partial charge in [-0.1, -0.05) is 223 Å². The second-order valence-electron chi connectivity index (χ2n) is 18.9. The van der Waals surface area contributed by atoms with Crippen LogP contribution in [0.5, 0.6) is 0 Å². The lowest BCUT2D eigenvalue weighted by atomic mass is 9.99. The minimum Gasteiger partial charge on any atom is -0.394 e. The van der Waals surface area contributed by atoms with Crippen molar-refractivity contribution < 1.29 is 39.8 Å². The van der Waals surface area contributed by atoms with Crippen molar-refractivity contribution in [3.8, 4) is 0 Å². The molecule has 1 heterocycles. The zero-order valence-electron chi connectivity index (χ0n) is 46.0. The van der Waals surface area contributed by atoms with Crippen LogP contribution in [0.15, 0.2) is 158 Å². The molecule has 0 aliphatic carbocycles. The molecule has 7 unspecified atom stereocenters. The summed E-state index contributed by atoms with van der Waals surface area (Å²) in [6.45, 7) is 3.48. The number of ether oxygens (including phenoxy) is 2. The highest BCUT2D eigenvalue weighted by atomic mass is 16.7. The van der Waals surface area contributed by atoms with Crippen LogP contribution < -0.4 is 5.32 Å². The van der Waals surface area contributed by atoms with E-state index in [1.54, 1.807) is 6.08 Å². The number of allylic oxidation sites excluding steroid dienone is 25. The molecule has 1 saturated heterocycles. The molecule has 0 aromatic heterocycles. The largest absolute Gasteiger partial charge is 0.394 e. The molecule has 9 nitrogen and oxygen atoms in total. The van der Waals surface area contributed by atoms with Gasteiger partial charge in [0.05, 0.1) is 25.4 Å². The van der Waals surface area contributed by atoms with Crippen molar-refractivity contribution >= 4 is 5.91 Å². The third-order valence-electron chi connectivity index (χ3n) is 12.3. The second-order valence-corrected chi connectivity index (χ2v) is 18.9. The Kier molecular flexibility index (Phi) is 47.9. The van der Waals surface area contributed by atoms with E-state index >= 15 is 0 Å². The van der Waals surface area contributed by atoms with Crippen molar-refractivity contribution in [2.75, 3.05) is 13.2 Å².